The van der Waals surface area contributed by atoms with Crippen molar-refractivity contribution in [2.75, 3.05) is 18.5 Å². The average Bonchev–Trinajstić information content (AvgIpc) is 3.47. The predicted octanol–water partition coefficient (Wildman–Crippen LogP) is 7.74. The number of para-hydroxylation sites is 2. The Bertz CT molecular complexity index is 1600. The van der Waals surface area contributed by atoms with Crippen LogP contribution in [0, 0.1) is 0 Å². The molecule has 1 saturated heterocycles. The zero-order chi connectivity index (χ0) is 27.1. The molecule has 3 heterocycles. The van der Waals surface area contributed by atoms with Gasteiger partial charge in [0, 0.05) is 41.9 Å². The van der Waals surface area contributed by atoms with Crippen LogP contribution < -0.4 is 4.90 Å². The summed E-state index contributed by atoms with van der Waals surface area (Å²) in [6, 6.07) is 24.8. The monoisotopic (exact) mass is 534 g/mol. The zero-order valence-electron chi connectivity index (χ0n) is 22.9. The topological polar surface area (TPSA) is 51.7 Å². The van der Waals surface area contributed by atoms with Crippen LogP contribution in [0.2, 0.25) is 0 Å². The minimum atomic E-state index is 0.0125. The van der Waals surface area contributed by atoms with Crippen LogP contribution in [-0.2, 0) is 11.2 Å². The maximum atomic E-state index is 13.8. The molecule has 1 unspecified atom stereocenters. The van der Waals surface area contributed by atoms with Crippen molar-refractivity contribution in [2.45, 2.75) is 45.1 Å². The van der Waals surface area contributed by atoms with Gasteiger partial charge in [0.05, 0.1) is 10.6 Å². The van der Waals surface area contributed by atoms with E-state index in [0.717, 1.165) is 34.8 Å². The van der Waals surface area contributed by atoms with Gasteiger partial charge < -0.3 is 9.88 Å². The largest absolute Gasteiger partial charge is 0.369 e. The molecule has 0 saturated carbocycles. The van der Waals surface area contributed by atoms with Crippen LogP contribution >= 0.6 is 11.8 Å². The van der Waals surface area contributed by atoms with E-state index < -0.39 is 0 Å². The number of amides is 1. The molecule has 5 nitrogen and oxygen atoms in total. The van der Waals surface area contributed by atoms with E-state index in [9.17, 15) is 4.79 Å². The number of amidine groups is 1. The van der Waals surface area contributed by atoms with Gasteiger partial charge in [-0.1, -0.05) is 49.4 Å². The van der Waals surface area contributed by atoms with E-state index >= 15 is 0 Å². The maximum Gasteiger partial charge on any atom is 0.266 e. The Balaban J connectivity index is 1.31. The summed E-state index contributed by atoms with van der Waals surface area (Å²) in [7, 11) is 2.18. The Hall–Kier alpha value is -3.77. The van der Waals surface area contributed by atoms with Gasteiger partial charge in [-0.2, -0.15) is 0 Å². The molecule has 2 aliphatic heterocycles. The molecule has 0 bridgehead atoms. The number of carbonyl (C=O) groups is 1. The number of aromatic nitrogens is 1. The first-order valence-electron chi connectivity index (χ1n) is 13.6. The highest BCUT2D eigenvalue weighted by Crippen LogP contribution is 2.43. The van der Waals surface area contributed by atoms with Crippen LogP contribution in [0.1, 0.15) is 49.8 Å². The molecule has 3 aromatic carbocycles. The first-order valence-corrected chi connectivity index (χ1v) is 14.4. The van der Waals surface area contributed by atoms with Crippen molar-refractivity contribution in [3.05, 3.63) is 101 Å². The number of nitrogens with one attached hydrogen (secondary N) is 1. The van der Waals surface area contributed by atoms with Gasteiger partial charge in [-0.3, -0.25) is 9.69 Å². The fourth-order valence-electron chi connectivity index (χ4n) is 5.81. The van der Waals surface area contributed by atoms with E-state index in [0.29, 0.717) is 17.4 Å². The number of thioether (sulfide) groups is 1. The third-order valence-electron chi connectivity index (χ3n) is 8.10. The molecule has 0 aliphatic carbocycles. The normalized spacial score (nSPS) is 20.8. The van der Waals surface area contributed by atoms with Crippen LogP contribution in [0.5, 0.6) is 0 Å². The number of rotatable bonds is 5. The predicted molar refractivity (Wildman–Crippen MR) is 165 cm³/mol. The third-order valence-corrected chi connectivity index (χ3v) is 9.11. The second-order valence-electron chi connectivity index (χ2n) is 11.2. The lowest BCUT2D eigenvalue weighted by molar-refractivity contribution is -0.122. The molecule has 39 heavy (non-hydrogen) atoms. The van der Waals surface area contributed by atoms with Crippen LogP contribution in [0.3, 0.4) is 0 Å². The minimum absolute atomic E-state index is 0.0125. The zero-order valence-corrected chi connectivity index (χ0v) is 23.8. The van der Waals surface area contributed by atoms with E-state index in [1.54, 1.807) is 0 Å². The number of hydrogen-bond acceptors (Lipinski definition) is 4. The molecular formula is C33H34N4OS. The Labute approximate surface area is 234 Å². The second kappa shape index (κ2) is 10.1. The summed E-state index contributed by atoms with van der Waals surface area (Å²) in [5.41, 5.74) is 6.97. The van der Waals surface area contributed by atoms with E-state index in [1.165, 1.54) is 34.0 Å². The highest BCUT2D eigenvalue weighted by molar-refractivity contribution is 8.18. The Morgan fingerprint density at radius 3 is 2.67 bits per heavy atom. The standard InChI is InChI=1S/C33H34N4OS/c1-22-20-33(2,3)36(4)29-15-14-23(18-27(22)29)19-30-31(38)37(32(39-30)35-25-10-6-5-7-11-25)17-16-24-21-34-28-13-9-8-12-26(24)28/h5-15,18-19,21-22,34H,16-17,20H2,1-4H3/b30-19+,35-32?. The van der Waals surface area contributed by atoms with Gasteiger partial charge in [0.1, 0.15) is 0 Å². The Morgan fingerprint density at radius 1 is 1.08 bits per heavy atom. The second-order valence-corrected chi connectivity index (χ2v) is 12.2. The van der Waals surface area contributed by atoms with Gasteiger partial charge in [0.2, 0.25) is 0 Å². The smallest absolute Gasteiger partial charge is 0.266 e. The van der Waals surface area contributed by atoms with E-state index in [-0.39, 0.29) is 11.4 Å². The fourth-order valence-corrected chi connectivity index (χ4v) is 6.83. The van der Waals surface area contributed by atoms with E-state index in [1.807, 2.05) is 47.4 Å². The van der Waals surface area contributed by atoms with Crippen molar-refractivity contribution in [1.29, 1.82) is 0 Å². The summed E-state index contributed by atoms with van der Waals surface area (Å²) in [6.07, 6.45) is 5.93. The Kier molecular flexibility index (Phi) is 6.59. The number of H-pyrrole nitrogens is 1. The van der Waals surface area contributed by atoms with Crippen molar-refractivity contribution in [3.63, 3.8) is 0 Å². The molecule has 1 amide bonds. The highest BCUT2D eigenvalue weighted by Gasteiger charge is 2.35. The molecule has 6 rings (SSSR count). The number of benzene rings is 3. The SMILES string of the molecule is CC1CC(C)(C)N(C)c2ccc(/C=C3/SC(=Nc4ccccc4)N(CCc4c[nH]c5ccccc45)C3=O)cc21. The first kappa shape index (κ1) is 25.5. The molecule has 2 aliphatic rings. The summed E-state index contributed by atoms with van der Waals surface area (Å²) in [4.78, 5) is 26.9. The van der Waals surface area contributed by atoms with Crippen LogP contribution in [0.25, 0.3) is 17.0 Å². The average molecular weight is 535 g/mol. The van der Waals surface area contributed by atoms with Crippen molar-refractivity contribution in [1.82, 2.24) is 9.88 Å². The number of aromatic amines is 1. The maximum absolute atomic E-state index is 13.8. The molecule has 0 radical (unpaired) electrons. The summed E-state index contributed by atoms with van der Waals surface area (Å²) in [5.74, 6) is 0.470. The number of anilines is 1. The molecule has 1 atom stereocenters. The molecule has 0 spiro atoms. The van der Waals surface area contributed by atoms with Gasteiger partial charge in [-0.15, -0.1) is 0 Å². The molecule has 1 N–H and O–H groups in total. The van der Waals surface area contributed by atoms with Gasteiger partial charge in [-0.05, 0) is 97.5 Å². The minimum Gasteiger partial charge on any atom is -0.369 e. The van der Waals surface area contributed by atoms with Crippen LogP contribution in [0.4, 0.5) is 11.4 Å². The number of aliphatic imine (C=N–C) groups is 1. The van der Waals surface area contributed by atoms with Gasteiger partial charge in [0.25, 0.3) is 5.91 Å². The summed E-state index contributed by atoms with van der Waals surface area (Å²) in [5, 5.41) is 1.93. The number of hydrogen-bond donors (Lipinski definition) is 1. The third kappa shape index (κ3) is 4.89. The lowest BCUT2D eigenvalue weighted by Crippen LogP contribution is -2.45. The van der Waals surface area contributed by atoms with Crippen molar-refractivity contribution in [3.8, 4) is 0 Å². The molecule has 198 valence electrons. The van der Waals surface area contributed by atoms with Crippen molar-refractivity contribution >= 4 is 51.2 Å². The van der Waals surface area contributed by atoms with Crippen molar-refractivity contribution in [2.24, 2.45) is 4.99 Å². The van der Waals surface area contributed by atoms with Crippen LogP contribution in [-0.4, -0.2) is 40.1 Å². The summed E-state index contributed by atoms with van der Waals surface area (Å²) >= 11 is 1.47. The molecule has 1 fully saturated rings. The quantitative estimate of drug-likeness (QED) is 0.267. The van der Waals surface area contributed by atoms with Gasteiger partial charge in [0.15, 0.2) is 5.17 Å². The number of nitrogens with zero attached hydrogens (tertiary/aromatic N) is 3. The van der Waals surface area contributed by atoms with Crippen molar-refractivity contribution < 1.29 is 4.79 Å². The first-order chi connectivity index (χ1) is 18.8. The highest BCUT2D eigenvalue weighted by atomic mass is 32.2. The fraction of sp³-hybridized carbons (Fsp3) is 0.273. The van der Waals surface area contributed by atoms with Gasteiger partial charge >= 0.3 is 0 Å². The number of carbonyl (C=O) groups excluding carboxylic acids is 1. The molecule has 1 aromatic heterocycles. The molecular weight excluding hydrogens is 500 g/mol. The summed E-state index contributed by atoms with van der Waals surface area (Å²) in [6.45, 7) is 7.47. The molecule has 4 aromatic rings. The lowest BCUT2D eigenvalue weighted by atomic mass is 9.80. The lowest BCUT2D eigenvalue weighted by Gasteiger charge is -2.45. The molecule has 6 heteroatoms. The van der Waals surface area contributed by atoms with E-state index in [4.69, 9.17) is 4.99 Å². The Morgan fingerprint density at radius 2 is 1.85 bits per heavy atom. The summed E-state index contributed by atoms with van der Waals surface area (Å²) < 4.78 is 0. The number of fused-ring (bicyclic) bond motifs is 2. The van der Waals surface area contributed by atoms with Crippen LogP contribution in [0.15, 0.2) is 88.9 Å². The van der Waals surface area contributed by atoms with E-state index in [2.05, 4.69) is 80.3 Å². The van der Waals surface area contributed by atoms with Gasteiger partial charge in [-0.25, -0.2) is 4.99 Å².